The highest BCUT2D eigenvalue weighted by molar-refractivity contribution is 6.30. The van der Waals surface area contributed by atoms with Crippen molar-refractivity contribution in [2.45, 2.75) is 51.7 Å². The van der Waals surface area contributed by atoms with Gasteiger partial charge in [0, 0.05) is 25.7 Å². The number of amides is 1. The smallest absolute Gasteiger partial charge is 0.410 e. The molecule has 1 amide bonds. The van der Waals surface area contributed by atoms with Crippen molar-refractivity contribution < 1.29 is 10.9 Å². The highest BCUT2D eigenvalue weighted by Gasteiger charge is 2.60. The second kappa shape index (κ2) is 4.83. The third-order valence-electron chi connectivity index (χ3n) is 3.99. The second-order valence-electron chi connectivity index (χ2n) is 6.83. The van der Waals surface area contributed by atoms with Gasteiger partial charge in [-0.3, -0.25) is 4.90 Å². The lowest BCUT2D eigenvalue weighted by atomic mass is 9.58. The maximum absolute atomic E-state index is 12.4. The minimum atomic E-state index is -0.539. The lowest BCUT2D eigenvalue weighted by Crippen LogP contribution is -2.64. The lowest BCUT2D eigenvalue weighted by Gasteiger charge is -2.60. The topological polar surface area (TPSA) is 55.3 Å². The molecular weight excluding hydrogens is 290 g/mol. The molecule has 3 rings (SSSR count). The van der Waals surface area contributed by atoms with Crippen molar-refractivity contribution in [1.82, 2.24) is 14.9 Å². The van der Waals surface area contributed by atoms with Crippen molar-refractivity contribution in [1.29, 1.82) is 0 Å². The van der Waals surface area contributed by atoms with Crippen LogP contribution in [0.3, 0.4) is 0 Å². The van der Waals surface area contributed by atoms with Gasteiger partial charge in [0.05, 0.1) is 5.02 Å². The van der Waals surface area contributed by atoms with E-state index in [0.717, 1.165) is 12.8 Å². The van der Waals surface area contributed by atoms with Gasteiger partial charge in [0.15, 0.2) is 5.82 Å². The summed E-state index contributed by atoms with van der Waals surface area (Å²) < 4.78 is 13.3. The molecule has 1 aromatic rings. The number of likely N-dealkylation sites (tertiary alicyclic amines) is 1. The van der Waals surface area contributed by atoms with Gasteiger partial charge in [-0.05, 0) is 33.6 Å². The molecule has 1 saturated heterocycles. The molecule has 114 valence electrons. The molecule has 1 aromatic heterocycles. The quantitative estimate of drug-likeness (QED) is 0.795. The third kappa shape index (κ3) is 2.59. The number of ether oxygens (including phenoxy) is 1. The Morgan fingerprint density at radius 2 is 2.10 bits per heavy atom. The van der Waals surface area contributed by atoms with E-state index >= 15 is 0 Å². The van der Waals surface area contributed by atoms with Gasteiger partial charge in [-0.25, -0.2) is 14.8 Å². The zero-order valence-electron chi connectivity index (χ0n) is 13.5. The minimum Gasteiger partial charge on any atom is -0.444 e. The maximum Gasteiger partial charge on any atom is 0.410 e. The molecule has 5 nitrogen and oxygen atoms in total. The number of rotatable bonds is 1. The highest BCUT2D eigenvalue weighted by Crippen LogP contribution is 2.59. The predicted octanol–water partition coefficient (Wildman–Crippen LogP) is 3.59. The summed E-state index contributed by atoms with van der Waals surface area (Å²) >= 11 is 5.85. The predicted molar refractivity (Wildman–Crippen MR) is 79.0 cm³/mol. The van der Waals surface area contributed by atoms with Crippen molar-refractivity contribution in [2.75, 3.05) is 6.54 Å². The van der Waals surface area contributed by atoms with Crippen LogP contribution in [0.5, 0.6) is 0 Å². The molecule has 0 radical (unpaired) electrons. The zero-order chi connectivity index (χ0) is 16.1. The molecule has 1 spiro atoms. The molecule has 2 heterocycles. The molecule has 2 aliphatic rings. The Kier molecular flexibility index (Phi) is 3.06. The van der Waals surface area contributed by atoms with Crippen LogP contribution in [0.25, 0.3) is 0 Å². The Bertz CT molecular complexity index is 581. The summed E-state index contributed by atoms with van der Waals surface area (Å²) in [5, 5.41) is 0.466. The summed E-state index contributed by atoms with van der Waals surface area (Å²) in [5.74, 6) is 0.577. The normalized spacial score (nSPS) is 32.2. The molecule has 1 atom stereocenters. The summed E-state index contributed by atoms with van der Waals surface area (Å²) in [4.78, 5) is 22.6. The largest absolute Gasteiger partial charge is 0.444 e. The maximum atomic E-state index is 12.4. The molecule has 0 bridgehead atoms. The van der Waals surface area contributed by atoms with Crippen LogP contribution in [-0.4, -0.2) is 33.1 Å². The van der Waals surface area contributed by atoms with E-state index in [9.17, 15) is 4.79 Å². The Morgan fingerprint density at radius 1 is 1.48 bits per heavy atom. The summed E-state index contributed by atoms with van der Waals surface area (Å²) in [5.41, 5.74) is -0.611. The van der Waals surface area contributed by atoms with E-state index in [1.807, 2.05) is 20.8 Å². The fourth-order valence-electron chi connectivity index (χ4n) is 2.97. The number of carbonyl (C=O) groups is 1. The first-order valence-corrected chi connectivity index (χ1v) is 7.47. The Labute approximate surface area is 131 Å². The van der Waals surface area contributed by atoms with Gasteiger partial charge >= 0.3 is 6.09 Å². The standard InChI is InChI=1S/C15H20ClN3O2/c1-14(2,3)21-13(20)19-9-15(5-4-6-15)11(19)12-17-7-10(16)8-18-12/h7-8,11H,4-6,9H2,1-3H3/i4D. The van der Waals surface area contributed by atoms with Gasteiger partial charge in [0.1, 0.15) is 11.6 Å². The van der Waals surface area contributed by atoms with E-state index in [1.165, 1.54) is 0 Å². The fraction of sp³-hybridized carbons (Fsp3) is 0.667. The highest BCUT2D eigenvalue weighted by atomic mass is 35.5. The number of aromatic nitrogens is 2. The zero-order valence-corrected chi connectivity index (χ0v) is 13.2. The minimum absolute atomic E-state index is 0.0596. The Hall–Kier alpha value is -1.36. The first-order chi connectivity index (χ1) is 10.2. The molecule has 21 heavy (non-hydrogen) atoms. The molecular formula is C15H20ClN3O2. The molecule has 6 heteroatoms. The summed E-state index contributed by atoms with van der Waals surface area (Å²) in [6.07, 6.45) is 4.21. The molecule has 1 unspecified atom stereocenters. The lowest BCUT2D eigenvalue weighted by molar-refractivity contribution is -0.127. The summed E-state index contributed by atoms with van der Waals surface area (Å²) in [6.45, 7) is 6.14. The van der Waals surface area contributed by atoms with Crippen LogP contribution in [0.4, 0.5) is 4.79 Å². The van der Waals surface area contributed by atoms with Gasteiger partial charge in [-0.15, -0.1) is 0 Å². The number of hydrogen-bond acceptors (Lipinski definition) is 4. The van der Waals surface area contributed by atoms with E-state index in [0.29, 0.717) is 17.4 Å². The number of halogens is 1. The van der Waals surface area contributed by atoms with Crippen molar-refractivity contribution in [2.24, 2.45) is 5.41 Å². The van der Waals surface area contributed by atoms with E-state index in [1.54, 1.807) is 17.3 Å². The molecule has 1 aliphatic carbocycles. The van der Waals surface area contributed by atoms with Crippen LogP contribution in [-0.2, 0) is 4.74 Å². The van der Waals surface area contributed by atoms with Crippen LogP contribution in [0.15, 0.2) is 12.4 Å². The van der Waals surface area contributed by atoms with E-state index in [2.05, 4.69) is 9.97 Å². The van der Waals surface area contributed by atoms with Crippen LogP contribution in [0, 0.1) is 5.41 Å². The molecule has 0 aromatic carbocycles. The van der Waals surface area contributed by atoms with E-state index in [-0.39, 0.29) is 23.9 Å². The Balaban J connectivity index is 1.83. The van der Waals surface area contributed by atoms with Crippen LogP contribution >= 0.6 is 11.6 Å². The van der Waals surface area contributed by atoms with E-state index in [4.69, 9.17) is 17.7 Å². The molecule has 2 fully saturated rings. The van der Waals surface area contributed by atoms with Crippen LogP contribution in [0.2, 0.25) is 5.02 Å². The Morgan fingerprint density at radius 3 is 2.62 bits per heavy atom. The van der Waals surface area contributed by atoms with Crippen LogP contribution in [0.1, 0.15) is 53.2 Å². The summed E-state index contributed by atoms with van der Waals surface area (Å²) in [7, 11) is 0. The van der Waals surface area contributed by atoms with Gasteiger partial charge in [0.25, 0.3) is 0 Å². The molecule has 1 aliphatic heterocycles. The monoisotopic (exact) mass is 310 g/mol. The average Bonchev–Trinajstić information content (AvgIpc) is 2.33. The first kappa shape index (κ1) is 13.3. The third-order valence-corrected chi connectivity index (χ3v) is 4.19. The van der Waals surface area contributed by atoms with Crippen LogP contribution < -0.4 is 0 Å². The van der Waals surface area contributed by atoms with Gasteiger partial charge in [-0.2, -0.15) is 0 Å². The van der Waals surface area contributed by atoms with Gasteiger partial charge in [0.2, 0.25) is 0 Å². The first-order valence-electron chi connectivity index (χ1n) is 7.67. The van der Waals surface area contributed by atoms with Crippen molar-refractivity contribution in [3.8, 4) is 0 Å². The SMILES string of the molecule is [2H]C1CC2(C1)CN(C(=O)OC(C)(C)C)C2c1ncc(Cl)cn1. The summed E-state index contributed by atoms with van der Waals surface area (Å²) in [6, 6.07) is -0.221. The second-order valence-corrected chi connectivity index (χ2v) is 7.27. The fourth-order valence-corrected chi connectivity index (χ4v) is 3.07. The average molecular weight is 311 g/mol. The molecule has 1 saturated carbocycles. The van der Waals surface area contributed by atoms with Crippen molar-refractivity contribution in [3.05, 3.63) is 23.2 Å². The number of carbonyl (C=O) groups excluding carboxylic acids is 1. The van der Waals surface area contributed by atoms with Gasteiger partial charge < -0.3 is 4.74 Å². The van der Waals surface area contributed by atoms with Gasteiger partial charge in [-0.1, -0.05) is 18.0 Å². The number of nitrogens with zero attached hydrogens (tertiary/aromatic N) is 3. The van der Waals surface area contributed by atoms with Crippen molar-refractivity contribution in [3.63, 3.8) is 0 Å². The van der Waals surface area contributed by atoms with Crippen molar-refractivity contribution >= 4 is 17.7 Å². The number of hydrogen-bond donors (Lipinski definition) is 0. The van der Waals surface area contributed by atoms with E-state index < -0.39 is 5.60 Å². The molecule has 0 N–H and O–H groups in total.